The first kappa shape index (κ1) is 18.4. The van der Waals surface area contributed by atoms with Gasteiger partial charge in [-0.3, -0.25) is 4.79 Å². The molecule has 0 atom stereocenters. The van der Waals surface area contributed by atoms with E-state index in [1.165, 1.54) is 6.07 Å². The number of hydrogen-bond donors (Lipinski definition) is 2. The van der Waals surface area contributed by atoms with Crippen LogP contribution in [0.3, 0.4) is 0 Å². The van der Waals surface area contributed by atoms with Gasteiger partial charge in [-0.05, 0) is 50.6 Å². The molecule has 1 aliphatic rings. The number of nitrogens with two attached hydrogens (primary N) is 1. The molecule has 1 fully saturated rings. The van der Waals surface area contributed by atoms with E-state index in [0.29, 0.717) is 23.8 Å². The number of nitrogen functional groups attached to an aromatic ring is 1. The highest BCUT2D eigenvalue weighted by Gasteiger charge is 2.39. The lowest BCUT2D eigenvalue weighted by molar-refractivity contribution is -0.167. The molecule has 0 heterocycles. The zero-order chi connectivity index (χ0) is 18.1. The number of halogens is 3. The fourth-order valence-corrected chi connectivity index (χ4v) is 2.45. The minimum atomic E-state index is -4.94. The van der Waals surface area contributed by atoms with Crippen LogP contribution in [0.25, 0.3) is 0 Å². The van der Waals surface area contributed by atoms with Crippen LogP contribution < -0.4 is 16.0 Å². The number of benzene rings is 1. The van der Waals surface area contributed by atoms with Crippen LogP contribution in [0.15, 0.2) is 12.1 Å². The maximum Gasteiger partial charge on any atom is 0.471 e. The monoisotopic (exact) mass is 344 g/mol. The van der Waals surface area contributed by atoms with E-state index in [2.05, 4.69) is 0 Å². The number of nitrogens with one attached hydrogen (secondary N) is 1. The Hall–Kier alpha value is -1.96. The minimum Gasteiger partial charge on any atom is -0.398 e. The number of anilines is 3. The fraction of sp³-hybridized carbons (Fsp3) is 0.562. The summed E-state index contributed by atoms with van der Waals surface area (Å²) in [7, 11) is 5.62. The molecule has 0 aromatic heterocycles. The van der Waals surface area contributed by atoms with E-state index in [9.17, 15) is 18.0 Å². The van der Waals surface area contributed by atoms with E-state index in [1.54, 1.807) is 13.1 Å². The van der Waals surface area contributed by atoms with E-state index in [1.807, 2.05) is 29.2 Å². The normalized spacial score (nSPS) is 14.8. The summed E-state index contributed by atoms with van der Waals surface area (Å²) in [5, 5.41) is 1.95. The summed E-state index contributed by atoms with van der Waals surface area (Å²) in [6, 6.07) is 3.23. The highest BCUT2D eigenvalue weighted by Crippen LogP contribution is 2.45. The van der Waals surface area contributed by atoms with Crippen LogP contribution in [0.4, 0.5) is 30.2 Å². The molecule has 0 spiro atoms. The third kappa shape index (κ3) is 4.53. The maximum absolute atomic E-state index is 12.6. The number of likely N-dealkylation sites (N-methyl/N-ethyl adjacent to an activating group) is 2. The highest BCUT2D eigenvalue weighted by molar-refractivity contribution is 5.98. The van der Waals surface area contributed by atoms with Gasteiger partial charge < -0.3 is 20.9 Å². The molecule has 1 aromatic rings. The maximum atomic E-state index is 12.6. The number of rotatable bonds is 6. The van der Waals surface area contributed by atoms with Crippen LogP contribution in [0, 0.1) is 0 Å². The van der Waals surface area contributed by atoms with Gasteiger partial charge >= 0.3 is 12.1 Å². The van der Waals surface area contributed by atoms with Gasteiger partial charge in [-0.25, -0.2) is 0 Å². The Bertz CT molecular complexity index is 612. The van der Waals surface area contributed by atoms with Gasteiger partial charge in [0.05, 0.1) is 11.4 Å². The number of amides is 1. The zero-order valence-corrected chi connectivity index (χ0v) is 14.1. The number of carbonyl (C=O) groups excluding carboxylic acids is 1. The number of nitrogens with zero attached hydrogens (tertiary/aromatic N) is 2. The third-order valence-corrected chi connectivity index (χ3v) is 4.02. The predicted molar refractivity (Wildman–Crippen MR) is 89.3 cm³/mol. The quantitative estimate of drug-likeness (QED) is 0.779. The lowest BCUT2D eigenvalue weighted by Gasteiger charge is -2.26. The average Bonchev–Trinajstić information content (AvgIpc) is 3.28. The molecule has 0 aliphatic heterocycles. The van der Waals surface area contributed by atoms with Crippen molar-refractivity contribution in [2.75, 3.05) is 50.2 Å². The lowest BCUT2D eigenvalue weighted by atomic mass is 10.1. The van der Waals surface area contributed by atoms with Gasteiger partial charge in [-0.1, -0.05) is 0 Å². The van der Waals surface area contributed by atoms with Crippen molar-refractivity contribution in [3.63, 3.8) is 0 Å². The minimum absolute atomic E-state index is 0.0838. The van der Waals surface area contributed by atoms with Crippen molar-refractivity contribution in [3.8, 4) is 0 Å². The number of carbonyl (C=O) groups is 1. The molecule has 1 aliphatic carbocycles. The Morgan fingerprint density at radius 2 is 1.88 bits per heavy atom. The second-order valence-corrected chi connectivity index (χ2v) is 6.45. The second kappa shape index (κ2) is 6.88. The second-order valence-electron chi connectivity index (χ2n) is 6.45. The Labute approximate surface area is 139 Å². The van der Waals surface area contributed by atoms with Crippen molar-refractivity contribution in [3.05, 3.63) is 17.7 Å². The van der Waals surface area contributed by atoms with Crippen LogP contribution >= 0.6 is 0 Å². The van der Waals surface area contributed by atoms with Crippen LogP contribution in [0.5, 0.6) is 0 Å². The largest absolute Gasteiger partial charge is 0.471 e. The number of alkyl halides is 3. The van der Waals surface area contributed by atoms with Gasteiger partial charge in [-0.2, -0.15) is 13.2 Å². The molecule has 0 saturated heterocycles. The first-order valence-corrected chi connectivity index (χ1v) is 7.77. The standard InChI is InChI=1S/C16H23F3N4O/c1-22(2)6-7-23(3)14-8-11(10-4-5-10)12(20)9-13(14)21-15(24)16(17,18)19/h8-10H,4-7,20H2,1-3H3,(H,21,24). The zero-order valence-electron chi connectivity index (χ0n) is 14.1. The molecular formula is C16H23F3N4O. The molecule has 5 nitrogen and oxygen atoms in total. The van der Waals surface area contributed by atoms with E-state index in [4.69, 9.17) is 5.73 Å². The molecule has 1 aromatic carbocycles. The van der Waals surface area contributed by atoms with Crippen LogP contribution in [0.1, 0.15) is 24.3 Å². The highest BCUT2D eigenvalue weighted by atomic mass is 19.4. The molecule has 3 N–H and O–H groups in total. The smallest absolute Gasteiger partial charge is 0.398 e. The van der Waals surface area contributed by atoms with E-state index >= 15 is 0 Å². The average molecular weight is 344 g/mol. The summed E-state index contributed by atoms with van der Waals surface area (Å²) >= 11 is 0. The van der Waals surface area contributed by atoms with Crippen molar-refractivity contribution >= 4 is 23.0 Å². The summed E-state index contributed by atoms with van der Waals surface area (Å²) in [5.41, 5.74) is 7.96. The summed E-state index contributed by atoms with van der Waals surface area (Å²) in [5.74, 6) is -1.64. The van der Waals surface area contributed by atoms with Crippen molar-refractivity contribution < 1.29 is 18.0 Å². The van der Waals surface area contributed by atoms with Gasteiger partial charge in [0.2, 0.25) is 0 Å². The first-order chi connectivity index (χ1) is 11.1. The third-order valence-electron chi connectivity index (χ3n) is 4.02. The molecule has 0 bridgehead atoms. The summed E-state index contributed by atoms with van der Waals surface area (Å²) in [4.78, 5) is 15.1. The Balaban J connectivity index is 2.32. The summed E-state index contributed by atoms with van der Waals surface area (Å²) < 4.78 is 37.7. The lowest BCUT2D eigenvalue weighted by Crippen LogP contribution is -2.32. The molecule has 24 heavy (non-hydrogen) atoms. The molecule has 1 saturated carbocycles. The van der Waals surface area contributed by atoms with Crippen LogP contribution in [-0.2, 0) is 4.79 Å². The number of hydrogen-bond acceptors (Lipinski definition) is 4. The fourth-order valence-electron chi connectivity index (χ4n) is 2.45. The van der Waals surface area contributed by atoms with Crippen LogP contribution in [0.2, 0.25) is 0 Å². The SMILES string of the molecule is CN(C)CCN(C)c1cc(C2CC2)c(N)cc1NC(=O)C(F)(F)F. The molecule has 8 heteroatoms. The van der Waals surface area contributed by atoms with Gasteiger partial charge in [0.1, 0.15) is 0 Å². The van der Waals surface area contributed by atoms with Gasteiger partial charge in [0, 0.05) is 25.8 Å². The molecule has 0 unspecified atom stereocenters. The van der Waals surface area contributed by atoms with E-state index < -0.39 is 12.1 Å². The van der Waals surface area contributed by atoms with Crippen LogP contribution in [-0.4, -0.2) is 51.2 Å². The first-order valence-electron chi connectivity index (χ1n) is 7.77. The Morgan fingerprint density at radius 3 is 2.38 bits per heavy atom. The van der Waals surface area contributed by atoms with Gasteiger partial charge in [0.25, 0.3) is 0 Å². The summed E-state index contributed by atoms with van der Waals surface area (Å²) in [6.07, 6.45) is -2.89. The molecule has 2 rings (SSSR count). The van der Waals surface area contributed by atoms with E-state index in [0.717, 1.165) is 24.9 Å². The summed E-state index contributed by atoms with van der Waals surface area (Å²) in [6.45, 7) is 1.34. The predicted octanol–water partition coefficient (Wildman–Crippen LogP) is 2.64. The van der Waals surface area contributed by atoms with Crippen molar-refractivity contribution in [2.45, 2.75) is 24.9 Å². The molecule has 134 valence electrons. The molecular weight excluding hydrogens is 321 g/mol. The van der Waals surface area contributed by atoms with Gasteiger partial charge in [-0.15, -0.1) is 0 Å². The van der Waals surface area contributed by atoms with Crippen molar-refractivity contribution in [1.29, 1.82) is 0 Å². The molecule has 0 radical (unpaired) electrons. The topological polar surface area (TPSA) is 61.6 Å². The Kier molecular flexibility index (Phi) is 5.27. The van der Waals surface area contributed by atoms with Gasteiger partial charge in [0.15, 0.2) is 0 Å². The Morgan fingerprint density at radius 1 is 1.25 bits per heavy atom. The van der Waals surface area contributed by atoms with E-state index in [-0.39, 0.29) is 5.69 Å². The van der Waals surface area contributed by atoms with Crippen molar-refractivity contribution in [1.82, 2.24) is 4.90 Å². The molecule has 1 amide bonds. The van der Waals surface area contributed by atoms with Crippen molar-refractivity contribution in [2.24, 2.45) is 0 Å².